The van der Waals surface area contributed by atoms with Crippen LogP contribution in [0.25, 0.3) is 0 Å². The highest BCUT2D eigenvalue weighted by atomic mass is 16.5. The van der Waals surface area contributed by atoms with Crippen LogP contribution in [-0.4, -0.2) is 22.8 Å². The highest BCUT2D eigenvalue weighted by Crippen LogP contribution is 2.34. The van der Waals surface area contributed by atoms with Gasteiger partial charge in [-0.1, -0.05) is 44.7 Å². The van der Waals surface area contributed by atoms with E-state index >= 15 is 0 Å². The van der Waals surface area contributed by atoms with Gasteiger partial charge in [-0.15, -0.1) is 0 Å². The second kappa shape index (κ2) is 6.57. The van der Waals surface area contributed by atoms with Gasteiger partial charge in [-0.3, -0.25) is 0 Å². The first-order valence-corrected chi connectivity index (χ1v) is 7.27. The van der Waals surface area contributed by atoms with E-state index in [1.54, 1.807) is 12.1 Å². The molecular formula is C19H20O4. The minimum atomic E-state index is -1.15. The van der Waals surface area contributed by atoms with Crippen LogP contribution in [0.3, 0.4) is 0 Å². The fourth-order valence-corrected chi connectivity index (χ4v) is 2.39. The molecule has 0 radical (unpaired) electrons. The van der Waals surface area contributed by atoms with Gasteiger partial charge in [0.15, 0.2) is 0 Å². The molecule has 4 nitrogen and oxygen atoms in total. The average molecular weight is 312 g/mol. The number of aromatic carboxylic acids is 1. The van der Waals surface area contributed by atoms with Crippen LogP contribution in [0.5, 0.6) is 11.5 Å². The summed E-state index contributed by atoms with van der Waals surface area (Å²) in [6, 6.07) is 12.3. The molecule has 23 heavy (non-hydrogen) atoms. The van der Waals surface area contributed by atoms with Crippen molar-refractivity contribution in [2.75, 3.05) is 6.61 Å². The van der Waals surface area contributed by atoms with Crippen LogP contribution in [0, 0.1) is 0 Å². The molecule has 2 rings (SSSR count). The van der Waals surface area contributed by atoms with Gasteiger partial charge in [0.25, 0.3) is 0 Å². The Morgan fingerprint density at radius 3 is 2.35 bits per heavy atom. The maximum atomic E-state index is 11.2. The Bertz CT molecular complexity index is 715. The Morgan fingerprint density at radius 2 is 1.78 bits per heavy atom. The third kappa shape index (κ3) is 3.54. The molecule has 0 atom stereocenters. The molecule has 2 aromatic rings. The number of hydrogen-bond acceptors (Lipinski definition) is 3. The van der Waals surface area contributed by atoms with E-state index in [4.69, 9.17) is 9.84 Å². The quantitative estimate of drug-likeness (QED) is 0.792. The fraction of sp³-hybridized carbons (Fsp3) is 0.211. The molecule has 0 saturated carbocycles. The van der Waals surface area contributed by atoms with Crippen molar-refractivity contribution < 1.29 is 19.7 Å². The van der Waals surface area contributed by atoms with Crippen molar-refractivity contribution in [3.63, 3.8) is 0 Å². The molecular weight excluding hydrogens is 292 g/mol. The first-order valence-electron chi connectivity index (χ1n) is 7.27. The number of ether oxygens (including phenoxy) is 1. The van der Waals surface area contributed by atoms with Crippen molar-refractivity contribution in [1.82, 2.24) is 0 Å². The summed E-state index contributed by atoms with van der Waals surface area (Å²) < 4.78 is 5.47. The molecule has 0 unspecified atom stereocenters. The molecule has 0 aromatic heterocycles. The molecule has 0 bridgehead atoms. The van der Waals surface area contributed by atoms with Crippen LogP contribution in [0.4, 0.5) is 0 Å². The van der Waals surface area contributed by atoms with E-state index in [1.807, 2.05) is 38.1 Å². The van der Waals surface area contributed by atoms with Crippen LogP contribution in [-0.2, 0) is 5.41 Å². The lowest BCUT2D eigenvalue weighted by atomic mass is 9.77. The van der Waals surface area contributed by atoms with E-state index in [0.29, 0.717) is 6.61 Å². The highest BCUT2D eigenvalue weighted by Gasteiger charge is 2.25. The number of carboxylic acids is 1. The van der Waals surface area contributed by atoms with Crippen LogP contribution in [0.2, 0.25) is 0 Å². The van der Waals surface area contributed by atoms with Gasteiger partial charge in [0.05, 0.1) is 0 Å². The normalized spacial score (nSPS) is 11.0. The smallest absolute Gasteiger partial charge is 0.339 e. The lowest BCUT2D eigenvalue weighted by Gasteiger charge is -2.26. The van der Waals surface area contributed by atoms with Gasteiger partial charge >= 0.3 is 5.97 Å². The monoisotopic (exact) mass is 312 g/mol. The summed E-state index contributed by atoms with van der Waals surface area (Å²) in [7, 11) is 0. The summed E-state index contributed by atoms with van der Waals surface area (Å²) in [6.45, 7) is 8.06. The van der Waals surface area contributed by atoms with Crippen LogP contribution in [0.1, 0.15) is 35.3 Å². The van der Waals surface area contributed by atoms with E-state index in [1.165, 1.54) is 12.1 Å². The third-order valence-electron chi connectivity index (χ3n) is 3.89. The van der Waals surface area contributed by atoms with Gasteiger partial charge < -0.3 is 14.9 Å². The average Bonchev–Trinajstić information content (AvgIpc) is 2.53. The standard InChI is InChI=1S/C19H20O4/c1-4-11-23-15-8-5-13(6-9-15)19(2,3)14-7-10-17(20)16(12-14)18(21)22/h4-10,12,20H,1,11H2,2-3H3,(H,21,22). The minimum Gasteiger partial charge on any atom is -0.507 e. The Balaban J connectivity index is 2.35. The van der Waals surface area contributed by atoms with Crippen molar-refractivity contribution >= 4 is 5.97 Å². The van der Waals surface area contributed by atoms with Crippen molar-refractivity contribution in [2.24, 2.45) is 0 Å². The number of hydrogen-bond donors (Lipinski definition) is 2. The second-order valence-corrected chi connectivity index (χ2v) is 5.79. The largest absolute Gasteiger partial charge is 0.507 e. The summed E-state index contributed by atoms with van der Waals surface area (Å²) >= 11 is 0. The molecule has 0 fully saturated rings. The Morgan fingerprint density at radius 1 is 1.17 bits per heavy atom. The van der Waals surface area contributed by atoms with E-state index < -0.39 is 11.4 Å². The van der Waals surface area contributed by atoms with Gasteiger partial charge in [-0.2, -0.15) is 0 Å². The zero-order valence-corrected chi connectivity index (χ0v) is 13.2. The van der Waals surface area contributed by atoms with Gasteiger partial charge in [0, 0.05) is 5.41 Å². The van der Waals surface area contributed by atoms with E-state index in [0.717, 1.165) is 16.9 Å². The number of carboxylic acid groups (broad SMARTS) is 1. The Kier molecular flexibility index (Phi) is 4.74. The maximum absolute atomic E-state index is 11.2. The zero-order chi connectivity index (χ0) is 17.0. The summed E-state index contributed by atoms with van der Waals surface area (Å²) in [5.74, 6) is -0.625. The molecule has 2 N–H and O–H groups in total. The first-order chi connectivity index (χ1) is 10.9. The molecule has 0 saturated heterocycles. The van der Waals surface area contributed by atoms with E-state index in [9.17, 15) is 9.90 Å². The zero-order valence-electron chi connectivity index (χ0n) is 13.2. The Labute approximate surface area is 135 Å². The molecule has 0 aliphatic carbocycles. The van der Waals surface area contributed by atoms with Gasteiger partial charge in [0.1, 0.15) is 23.7 Å². The third-order valence-corrected chi connectivity index (χ3v) is 3.89. The molecule has 2 aromatic carbocycles. The number of aromatic hydroxyl groups is 1. The van der Waals surface area contributed by atoms with Crippen LogP contribution < -0.4 is 4.74 Å². The van der Waals surface area contributed by atoms with Crippen molar-refractivity contribution in [3.05, 3.63) is 71.8 Å². The maximum Gasteiger partial charge on any atom is 0.339 e. The van der Waals surface area contributed by atoms with Crippen LogP contribution in [0.15, 0.2) is 55.1 Å². The summed E-state index contributed by atoms with van der Waals surface area (Å²) in [5.41, 5.74) is 1.33. The van der Waals surface area contributed by atoms with E-state index in [-0.39, 0.29) is 11.3 Å². The number of benzene rings is 2. The van der Waals surface area contributed by atoms with Crippen LogP contribution >= 0.6 is 0 Å². The first kappa shape index (κ1) is 16.6. The molecule has 0 heterocycles. The molecule has 0 amide bonds. The topological polar surface area (TPSA) is 66.8 Å². The van der Waals surface area contributed by atoms with Crippen molar-refractivity contribution in [1.29, 1.82) is 0 Å². The lowest BCUT2D eigenvalue weighted by Crippen LogP contribution is -2.19. The predicted molar refractivity (Wildman–Crippen MR) is 89.3 cm³/mol. The van der Waals surface area contributed by atoms with Crippen molar-refractivity contribution in [3.8, 4) is 11.5 Å². The van der Waals surface area contributed by atoms with Gasteiger partial charge in [0.2, 0.25) is 0 Å². The Hall–Kier alpha value is -2.75. The SMILES string of the molecule is C=CCOc1ccc(C(C)(C)c2ccc(O)c(C(=O)O)c2)cc1. The lowest BCUT2D eigenvalue weighted by molar-refractivity contribution is 0.0693. The second-order valence-electron chi connectivity index (χ2n) is 5.79. The minimum absolute atomic E-state index is 0.0958. The predicted octanol–water partition coefficient (Wildman–Crippen LogP) is 3.98. The summed E-state index contributed by atoms with van der Waals surface area (Å²) in [6.07, 6.45) is 1.68. The van der Waals surface area contributed by atoms with Gasteiger partial charge in [-0.25, -0.2) is 4.79 Å². The number of rotatable bonds is 6. The molecule has 0 aliphatic rings. The highest BCUT2D eigenvalue weighted by molar-refractivity contribution is 5.91. The van der Waals surface area contributed by atoms with E-state index in [2.05, 4.69) is 6.58 Å². The molecule has 0 spiro atoms. The number of phenols is 1. The molecule has 120 valence electrons. The van der Waals surface area contributed by atoms with Gasteiger partial charge in [-0.05, 0) is 35.4 Å². The molecule has 0 aliphatic heterocycles. The summed E-state index contributed by atoms with van der Waals surface area (Å²) in [4.78, 5) is 11.2. The fourth-order valence-electron chi connectivity index (χ4n) is 2.39. The summed E-state index contributed by atoms with van der Waals surface area (Å²) in [5, 5.41) is 18.8. The molecule has 4 heteroatoms. The number of carbonyl (C=O) groups is 1. The van der Waals surface area contributed by atoms with Crippen molar-refractivity contribution in [2.45, 2.75) is 19.3 Å².